The Kier molecular flexibility index (Phi) is 6.15. The van der Waals surface area contributed by atoms with Crippen LogP contribution in [0, 0.1) is 11.8 Å². The molecule has 0 aromatic heterocycles. The number of anilines is 1. The molecular formula is C16H25N3O3S. The first kappa shape index (κ1) is 17.9. The van der Waals surface area contributed by atoms with E-state index in [1.165, 1.54) is 19.2 Å². The van der Waals surface area contributed by atoms with Crippen LogP contribution in [0.3, 0.4) is 0 Å². The Morgan fingerprint density at radius 1 is 1.43 bits per heavy atom. The minimum atomic E-state index is -3.51. The summed E-state index contributed by atoms with van der Waals surface area (Å²) in [6.07, 6.45) is 2.74. The summed E-state index contributed by atoms with van der Waals surface area (Å²) in [6.45, 7) is 4.12. The van der Waals surface area contributed by atoms with Gasteiger partial charge in [-0.2, -0.15) is 0 Å². The first-order chi connectivity index (χ1) is 10.9. The lowest BCUT2D eigenvalue weighted by Gasteiger charge is -2.28. The number of rotatable bonds is 6. The summed E-state index contributed by atoms with van der Waals surface area (Å²) in [4.78, 5) is 12.3. The number of benzene rings is 1. The van der Waals surface area contributed by atoms with Gasteiger partial charge in [-0.1, -0.05) is 13.0 Å². The van der Waals surface area contributed by atoms with E-state index in [4.69, 9.17) is 0 Å². The first-order valence-corrected chi connectivity index (χ1v) is 9.45. The van der Waals surface area contributed by atoms with E-state index in [9.17, 15) is 13.2 Å². The summed E-state index contributed by atoms with van der Waals surface area (Å²) >= 11 is 0. The predicted molar refractivity (Wildman–Crippen MR) is 90.7 cm³/mol. The van der Waals surface area contributed by atoms with Gasteiger partial charge in [0, 0.05) is 12.1 Å². The average molecular weight is 339 g/mol. The zero-order valence-corrected chi connectivity index (χ0v) is 14.4. The molecule has 23 heavy (non-hydrogen) atoms. The minimum absolute atomic E-state index is 0.0814. The van der Waals surface area contributed by atoms with Crippen LogP contribution in [0.4, 0.5) is 5.69 Å². The third kappa shape index (κ3) is 5.02. The molecule has 0 bridgehead atoms. The molecule has 1 heterocycles. The summed E-state index contributed by atoms with van der Waals surface area (Å²) in [6, 6.07) is 6.28. The molecule has 1 aromatic rings. The highest BCUT2D eigenvalue weighted by atomic mass is 32.2. The maximum absolute atomic E-state index is 12.2. The summed E-state index contributed by atoms with van der Waals surface area (Å²) in [5, 5.41) is 6.16. The van der Waals surface area contributed by atoms with E-state index in [-0.39, 0.29) is 10.8 Å². The molecule has 1 amide bonds. The third-order valence-corrected chi connectivity index (χ3v) is 5.76. The SMILES string of the molecule is CNS(=O)(=O)c1cccc(NC(=O)CC(C)C2CCCNC2)c1. The van der Waals surface area contributed by atoms with E-state index in [2.05, 4.69) is 22.3 Å². The second-order valence-electron chi connectivity index (χ2n) is 6.07. The van der Waals surface area contributed by atoms with E-state index in [1.807, 2.05) is 0 Å². The number of nitrogens with one attached hydrogen (secondary N) is 3. The Bertz CT molecular complexity index is 640. The fourth-order valence-corrected chi connectivity index (χ4v) is 3.67. The van der Waals surface area contributed by atoms with Crippen molar-refractivity contribution in [2.75, 3.05) is 25.5 Å². The van der Waals surface area contributed by atoms with Gasteiger partial charge in [0.15, 0.2) is 0 Å². The summed E-state index contributed by atoms with van der Waals surface area (Å²) in [5.41, 5.74) is 0.500. The summed E-state index contributed by atoms with van der Waals surface area (Å²) in [7, 11) is -2.14. The number of hydrogen-bond donors (Lipinski definition) is 3. The van der Waals surface area contributed by atoms with Crippen molar-refractivity contribution in [1.82, 2.24) is 10.0 Å². The van der Waals surface area contributed by atoms with Gasteiger partial charge < -0.3 is 10.6 Å². The van der Waals surface area contributed by atoms with Crippen LogP contribution in [0.1, 0.15) is 26.2 Å². The molecule has 1 aliphatic rings. The highest BCUT2D eigenvalue weighted by Gasteiger charge is 2.22. The minimum Gasteiger partial charge on any atom is -0.326 e. The van der Waals surface area contributed by atoms with Crippen molar-refractivity contribution in [3.8, 4) is 0 Å². The van der Waals surface area contributed by atoms with Crippen LogP contribution >= 0.6 is 0 Å². The Morgan fingerprint density at radius 2 is 2.22 bits per heavy atom. The number of carbonyl (C=O) groups is 1. The first-order valence-electron chi connectivity index (χ1n) is 7.96. The van der Waals surface area contributed by atoms with Gasteiger partial charge in [-0.3, -0.25) is 4.79 Å². The van der Waals surface area contributed by atoms with Gasteiger partial charge in [0.05, 0.1) is 4.90 Å². The Labute approximate surface area is 138 Å². The molecule has 1 aliphatic heterocycles. The largest absolute Gasteiger partial charge is 0.326 e. The van der Waals surface area contributed by atoms with Crippen LogP contribution in [-0.2, 0) is 14.8 Å². The van der Waals surface area contributed by atoms with Crippen molar-refractivity contribution in [1.29, 1.82) is 0 Å². The molecule has 7 heteroatoms. The van der Waals surface area contributed by atoms with Gasteiger partial charge in [-0.05, 0) is 63.0 Å². The number of piperidine rings is 1. The van der Waals surface area contributed by atoms with Crippen LogP contribution in [0.25, 0.3) is 0 Å². The standard InChI is InChI=1S/C16H25N3O3S/c1-12(13-5-4-8-18-11-13)9-16(20)19-14-6-3-7-15(10-14)23(21,22)17-2/h3,6-7,10,12-13,17-18H,4-5,8-9,11H2,1-2H3,(H,19,20). The molecule has 3 N–H and O–H groups in total. The molecule has 0 aliphatic carbocycles. The van der Waals surface area contributed by atoms with Gasteiger partial charge in [0.25, 0.3) is 0 Å². The van der Waals surface area contributed by atoms with E-state index in [0.29, 0.717) is 23.9 Å². The molecule has 1 aromatic carbocycles. The van der Waals surface area contributed by atoms with Crippen molar-refractivity contribution in [3.63, 3.8) is 0 Å². The molecule has 1 fully saturated rings. The molecule has 6 nitrogen and oxygen atoms in total. The Hall–Kier alpha value is -1.44. The van der Waals surface area contributed by atoms with Crippen LogP contribution in [0.2, 0.25) is 0 Å². The Balaban J connectivity index is 1.96. The second-order valence-corrected chi connectivity index (χ2v) is 7.96. The van der Waals surface area contributed by atoms with E-state index in [1.54, 1.807) is 12.1 Å². The number of amides is 1. The number of carbonyl (C=O) groups excluding carboxylic acids is 1. The predicted octanol–water partition coefficient (Wildman–Crippen LogP) is 1.56. The van der Waals surface area contributed by atoms with E-state index < -0.39 is 10.0 Å². The van der Waals surface area contributed by atoms with Crippen LogP contribution in [0.15, 0.2) is 29.2 Å². The molecule has 0 spiro atoms. The third-order valence-electron chi connectivity index (χ3n) is 4.34. The lowest BCUT2D eigenvalue weighted by Crippen LogP contribution is -2.34. The maximum Gasteiger partial charge on any atom is 0.240 e. The fourth-order valence-electron chi connectivity index (χ4n) is 2.89. The van der Waals surface area contributed by atoms with Gasteiger partial charge in [0.1, 0.15) is 0 Å². The number of hydrogen-bond acceptors (Lipinski definition) is 4. The van der Waals surface area contributed by atoms with Crippen LogP contribution < -0.4 is 15.4 Å². The second kappa shape index (κ2) is 7.90. The summed E-state index contributed by atoms with van der Waals surface area (Å²) in [5.74, 6) is 0.736. The summed E-state index contributed by atoms with van der Waals surface area (Å²) < 4.78 is 25.9. The number of sulfonamides is 1. The van der Waals surface area contributed by atoms with Crippen molar-refractivity contribution in [2.45, 2.75) is 31.1 Å². The molecule has 1 saturated heterocycles. The van der Waals surface area contributed by atoms with Crippen molar-refractivity contribution in [2.24, 2.45) is 11.8 Å². The normalized spacial score (nSPS) is 20.0. The fraction of sp³-hybridized carbons (Fsp3) is 0.562. The van der Waals surface area contributed by atoms with E-state index in [0.717, 1.165) is 25.9 Å². The van der Waals surface area contributed by atoms with Crippen LogP contribution in [0.5, 0.6) is 0 Å². The Morgan fingerprint density at radius 3 is 2.87 bits per heavy atom. The average Bonchev–Trinajstić information content (AvgIpc) is 2.55. The molecular weight excluding hydrogens is 314 g/mol. The van der Waals surface area contributed by atoms with Crippen molar-refractivity contribution >= 4 is 21.6 Å². The maximum atomic E-state index is 12.2. The molecule has 2 rings (SSSR count). The van der Waals surface area contributed by atoms with Gasteiger partial charge in [-0.25, -0.2) is 13.1 Å². The highest BCUT2D eigenvalue weighted by Crippen LogP contribution is 2.23. The van der Waals surface area contributed by atoms with E-state index >= 15 is 0 Å². The molecule has 2 unspecified atom stereocenters. The molecule has 0 radical (unpaired) electrons. The van der Waals surface area contributed by atoms with Gasteiger partial charge in [-0.15, -0.1) is 0 Å². The zero-order valence-electron chi connectivity index (χ0n) is 13.6. The van der Waals surface area contributed by atoms with Crippen LogP contribution in [-0.4, -0.2) is 34.5 Å². The molecule has 2 atom stereocenters. The van der Waals surface area contributed by atoms with Gasteiger partial charge in [0.2, 0.25) is 15.9 Å². The smallest absolute Gasteiger partial charge is 0.240 e. The quantitative estimate of drug-likeness (QED) is 0.734. The lowest BCUT2D eigenvalue weighted by molar-refractivity contribution is -0.117. The monoisotopic (exact) mass is 339 g/mol. The lowest BCUT2D eigenvalue weighted by atomic mass is 9.85. The molecule has 128 valence electrons. The zero-order chi connectivity index (χ0) is 16.9. The highest BCUT2D eigenvalue weighted by molar-refractivity contribution is 7.89. The van der Waals surface area contributed by atoms with Crippen molar-refractivity contribution in [3.05, 3.63) is 24.3 Å². The topological polar surface area (TPSA) is 87.3 Å². The van der Waals surface area contributed by atoms with Crippen molar-refractivity contribution < 1.29 is 13.2 Å². The van der Waals surface area contributed by atoms with Gasteiger partial charge >= 0.3 is 0 Å². The molecule has 0 saturated carbocycles.